The molecule has 0 spiro atoms. The van der Waals surface area contributed by atoms with Crippen LogP contribution in [0.3, 0.4) is 0 Å². The molecule has 0 radical (unpaired) electrons. The van der Waals surface area contributed by atoms with Crippen LogP contribution in [-0.2, 0) is 23.8 Å². The Balaban J connectivity index is 1.48. The molecule has 1 aromatic heterocycles. The number of aliphatic hydroxyl groups is 3. The van der Waals surface area contributed by atoms with E-state index in [4.69, 9.17) is 34.1 Å². The number of aliphatic hydroxyl groups excluding tert-OH is 3. The van der Waals surface area contributed by atoms with Gasteiger partial charge in [0.05, 0.1) is 35.2 Å². The summed E-state index contributed by atoms with van der Waals surface area (Å²) < 4.78 is 30.4. The second kappa shape index (κ2) is 18.1. The number of nitrogens with two attached hydrogens (primary N) is 1. The number of carbonyl (C=O) groups is 2. The van der Waals surface area contributed by atoms with Crippen molar-refractivity contribution in [3.63, 3.8) is 0 Å². The number of phenols is 1. The molecule has 3 aliphatic heterocycles. The van der Waals surface area contributed by atoms with Crippen LogP contribution in [0.2, 0.25) is 0 Å². The molecule has 0 saturated carbocycles. The fraction of sp³-hybridized carbons (Fsp3) is 0.479. The number of nitrogens with one attached hydrogen (secondary N) is 1. The average molecular weight is 899 g/mol. The molecule has 9 atom stereocenters. The molecule has 0 aliphatic carbocycles. The Kier molecular flexibility index (Phi) is 13.1. The standard InChI is InChI=1S/C48H58N4O13/c1-21-11-10-12-22(2)47(60)51-38-42(58)34-33(37-45(38)64-32-20-29(19-30(54)36(32)50-37)52-16-13-28(49)14-17-52)35-44(26(6)41(34)57)65-48(8,46(35)59)62-18-15-31(61-9)23(3)43(63-27(7)53)25(5)40(56)24(4)39(21)55/h10-12,15,18-21,23-25,28,31,39-40,43,55-57,59H,13-14,16-17,49H2,1-9H3,(H,51,60). The Morgan fingerprint density at radius 1 is 0.969 bits per heavy atom. The maximum atomic E-state index is 14.8. The summed E-state index contributed by atoms with van der Waals surface area (Å²) in [5, 5.41) is 49.1. The number of ether oxygens (including phenoxy) is 4. The van der Waals surface area contributed by atoms with Crippen LogP contribution < -0.4 is 36.8 Å². The number of hydrogen-bond acceptors (Lipinski definition) is 16. The van der Waals surface area contributed by atoms with E-state index in [1.807, 2.05) is 4.90 Å². The lowest BCUT2D eigenvalue weighted by Crippen LogP contribution is -2.46. The summed E-state index contributed by atoms with van der Waals surface area (Å²) in [7, 11) is 1.44. The summed E-state index contributed by atoms with van der Waals surface area (Å²) in [5.74, 6) is -6.97. The van der Waals surface area contributed by atoms with Gasteiger partial charge in [-0.15, -0.1) is 0 Å². The Hall–Kier alpha value is -6.01. The maximum Gasteiger partial charge on any atom is 0.307 e. The summed E-state index contributed by atoms with van der Waals surface area (Å²) in [4.78, 5) is 61.9. The van der Waals surface area contributed by atoms with Crippen molar-refractivity contribution in [2.45, 2.75) is 104 Å². The molecule has 1 amide bonds. The maximum absolute atomic E-state index is 14.8. The Morgan fingerprint density at radius 2 is 1.66 bits per heavy atom. The van der Waals surface area contributed by atoms with Crippen LogP contribution in [0, 0.1) is 30.6 Å². The molecule has 65 heavy (non-hydrogen) atoms. The van der Waals surface area contributed by atoms with Crippen LogP contribution >= 0.6 is 0 Å². The summed E-state index contributed by atoms with van der Waals surface area (Å²) in [6, 6.07) is 3.10. The Morgan fingerprint density at radius 3 is 2.32 bits per heavy atom. The molecule has 1 saturated heterocycles. The smallest absolute Gasteiger partial charge is 0.307 e. The van der Waals surface area contributed by atoms with Crippen LogP contribution in [0.15, 0.2) is 62.3 Å². The minimum atomic E-state index is -1.98. The minimum absolute atomic E-state index is 0.0161. The quantitative estimate of drug-likeness (QED) is 0.0941. The first kappa shape index (κ1) is 47.0. The van der Waals surface area contributed by atoms with E-state index < -0.39 is 88.1 Å². The van der Waals surface area contributed by atoms with Crippen molar-refractivity contribution in [2.24, 2.45) is 29.4 Å². The highest BCUT2D eigenvalue weighted by Gasteiger charge is 2.44. The largest absolute Gasteiger partial charge is 0.507 e. The molecular formula is C48H58N4O13. The summed E-state index contributed by atoms with van der Waals surface area (Å²) in [6.45, 7) is 13.8. The van der Waals surface area contributed by atoms with Gasteiger partial charge in [0.15, 0.2) is 22.4 Å². The van der Waals surface area contributed by atoms with Crippen molar-refractivity contribution >= 4 is 62.0 Å². The zero-order valence-corrected chi connectivity index (χ0v) is 38.0. The molecule has 3 aromatic carbocycles. The molecule has 348 valence electrons. The third-order valence-corrected chi connectivity index (χ3v) is 13.3. The lowest BCUT2D eigenvalue weighted by atomic mass is 9.78. The molecule has 4 bridgehead atoms. The minimum Gasteiger partial charge on any atom is -0.507 e. The summed E-state index contributed by atoms with van der Waals surface area (Å²) in [6.07, 6.45) is 4.94. The number of aromatic hydroxyl groups is 1. The number of fused-ring (bicyclic) bond motifs is 2. The lowest BCUT2D eigenvalue weighted by molar-refractivity contribution is -0.160. The molecule has 1 fully saturated rings. The zero-order chi connectivity index (χ0) is 47.4. The van der Waals surface area contributed by atoms with Crippen molar-refractivity contribution in [3.8, 4) is 11.5 Å². The predicted octanol–water partition coefficient (Wildman–Crippen LogP) is 4.49. The number of aromatic nitrogens is 1. The number of phenolic OH excluding ortho intramolecular Hbond substituents is 1. The van der Waals surface area contributed by atoms with Crippen LogP contribution in [-0.4, -0.2) is 93.7 Å². The summed E-state index contributed by atoms with van der Waals surface area (Å²) >= 11 is 0. The highest BCUT2D eigenvalue weighted by Crippen LogP contribution is 2.42. The van der Waals surface area contributed by atoms with E-state index in [1.165, 1.54) is 59.3 Å². The molecule has 3 aliphatic rings. The van der Waals surface area contributed by atoms with Crippen molar-refractivity contribution < 1.29 is 53.4 Å². The fourth-order valence-corrected chi connectivity index (χ4v) is 9.22. The number of benzene rings is 3. The van der Waals surface area contributed by atoms with Gasteiger partial charge in [0.2, 0.25) is 10.9 Å². The highest BCUT2D eigenvalue weighted by atomic mass is 16.7. The first-order valence-corrected chi connectivity index (χ1v) is 21.8. The molecule has 17 heteroatoms. The van der Waals surface area contributed by atoms with Gasteiger partial charge in [-0.2, -0.15) is 0 Å². The normalized spacial score (nSPS) is 28.4. The topological polar surface area (TPSA) is 253 Å². The molecule has 4 aromatic rings. The Labute approximate surface area is 374 Å². The second-order valence-electron chi connectivity index (χ2n) is 17.9. The van der Waals surface area contributed by atoms with Crippen molar-refractivity contribution in [1.29, 1.82) is 0 Å². The number of esters is 1. The van der Waals surface area contributed by atoms with E-state index in [0.717, 1.165) is 0 Å². The number of hydrogen-bond donors (Lipinski definition) is 6. The number of anilines is 2. The van der Waals surface area contributed by atoms with Gasteiger partial charge in [0.25, 0.3) is 5.91 Å². The molecule has 7 N–H and O–H groups in total. The van der Waals surface area contributed by atoms with Gasteiger partial charge in [0.1, 0.15) is 28.8 Å². The van der Waals surface area contributed by atoms with Gasteiger partial charge in [0, 0.05) is 98.1 Å². The van der Waals surface area contributed by atoms with Gasteiger partial charge >= 0.3 is 11.8 Å². The fourth-order valence-electron chi connectivity index (χ4n) is 9.22. The van der Waals surface area contributed by atoms with E-state index >= 15 is 0 Å². The van der Waals surface area contributed by atoms with E-state index in [1.54, 1.807) is 45.9 Å². The highest BCUT2D eigenvalue weighted by molar-refractivity contribution is 6.16. The van der Waals surface area contributed by atoms with Gasteiger partial charge in [-0.1, -0.05) is 45.9 Å². The van der Waals surface area contributed by atoms with E-state index in [2.05, 4.69) is 5.32 Å². The van der Waals surface area contributed by atoms with Gasteiger partial charge in [-0.3, -0.25) is 19.2 Å². The number of amides is 1. The second-order valence-corrected chi connectivity index (χ2v) is 17.9. The van der Waals surface area contributed by atoms with E-state index in [0.29, 0.717) is 31.6 Å². The first-order valence-electron chi connectivity index (χ1n) is 21.8. The number of nitrogens with zero attached hydrogens (tertiary/aromatic N) is 2. The average Bonchev–Trinajstić information content (AvgIpc) is 3.54. The van der Waals surface area contributed by atoms with Gasteiger partial charge < -0.3 is 59.7 Å². The predicted molar refractivity (Wildman–Crippen MR) is 244 cm³/mol. The van der Waals surface area contributed by atoms with Crippen molar-refractivity contribution in [2.75, 3.05) is 30.4 Å². The molecule has 4 heterocycles. The van der Waals surface area contributed by atoms with Gasteiger partial charge in [-0.25, -0.2) is 4.98 Å². The van der Waals surface area contributed by atoms with Crippen LogP contribution in [0.5, 0.6) is 11.5 Å². The third-order valence-electron chi connectivity index (χ3n) is 13.3. The number of allylic oxidation sites excluding steroid dienone is 2. The Bertz CT molecular complexity index is 2830. The van der Waals surface area contributed by atoms with E-state index in [9.17, 15) is 39.6 Å². The number of rotatable bonds is 3. The number of carbonyl (C=O) groups excluding carboxylic acids is 2. The SMILES string of the molecule is COC1C=COC2(C)Oc3c(C)c(O)c4c(=O)c(c5oc6cc(N7CCC(N)CC7)cc(=O)c6nc5c4c3=C2O)NC(=O)C(C)=CC=CC(C)C(O)C(C)C(O)C(C)C(OC(C)=O)C1C. The molecular weight excluding hydrogens is 841 g/mol. The van der Waals surface area contributed by atoms with E-state index in [-0.39, 0.29) is 66.8 Å². The molecule has 9 unspecified atom stereocenters. The van der Waals surface area contributed by atoms with Gasteiger partial charge in [-0.05, 0) is 32.8 Å². The zero-order valence-electron chi connectivity index (χ0n) is 38.0. The first-order chi connectivity index (χ1) is 30.7. The van der Waals surface area contributed by atoms with Crippen LogP contribution in [0.25, 0.3) is 38.7 Å². The van der Waals surface area contributed by atoms with Crippen molar-refractivity contribution in [1.82, 2.24) is 4.98 Å². The number of piperidine rings is 1. The van der Waals surface area contributed by atoms with Crippen LogP contribution in [0.1, 0.15) is 66.9 Å². The monoisotopic (exact) mass is 898 g/mol. The third kappa shape index (κ3) is 8.53. The number of methoxy groups -OCH3 is 1. The summed E-state index contributed by atoms with van der Waals surface area (Å²) in [5.41, 5.74) is 4.63. The van der Waals surface area contributed by atoms with Crippen LogP contribution in [0.4, 0.5) is 11.4 Å². The van der Waals surface area contributed by atoms with Crippen molar-refractivity contribution in [3.05, 3.63) is 79.5 Å². The molecule has 7 rings (SSSR count). The lowest BCUT2D eigenvalue weighted by Gasteiger charge is -2.38. The molecule has 17 nitrogen and oxygen atoms in total.